The van der Waals surface area contributed by atoms with Gasteiger partial charge in [-0.2, -0.15) is 0 Å². The highest BCUT2D eigenvalue weighted by Gasteiger charge is 2.31. The van der Waals surface area contributed by atoms with E-state index in [4.69, 9.17) is 0 Å². The molecule has 0 saturated heterocycles. The van der Waals surface area contributed by atoms with E-state index < -0.39 is 21.8 Å². The summed E-state index contributed by atoms with van der Waals surface area (Å²) >= 11 is 0. The monoisotopic (exact) mass is 492 g/mol. The first-order chi connectivity index (χ1) is 16.8. The van der Waals surface area contributed by atoms with Crippen molar-refractivity contribution in [3.8, 4) is 0 Å². The van der Waals surface area contributed by atoms with Gasteiger partial charge in [0.25, 0.3) is 21.8 Å². The average molecular weight is 493 g/mol. The van der Waals surface area contributed by atoms with Gasteiger partial charge in [-0.1, -0.05) is 24.3 Å². The fourth-order valence-electron chi connectivity index (χ4n) is 4.15. The van der Waals surface area contributed by atoms with E-state index in [1.54, 1.807) is 24.3 Å². The molecule has 0 radical (unpaired) electrons. The lowest BCUT2D eigenvalue weighted by Gasteiger charge is -2.21. The molecule has 2 amide bonds. The number of benzene rings is 3. The third-order valence-electron chi connectivity index (χ3n) is 6.08. The number of nitrogens with zero attached hydrogens (tertiary/aromatic N) is 2. The summed E-state index contributed by atoms with van der Waals surface area (Å²) in [6.07, 6.45) is 0.636. The predicted octanol–water partition coefficient (Wildman–Crippen LogP) is 3.36. The Morgan fingerprint density at radius 3 is 2.20 bits per heavy atom. The number of sulfonamides is 1. The minimum Gasteiger partial charge on any atom is -0.372 e. The highest BCUT2D eigenvalue weighted by atomic mass is 32.2. The third kappa shape index (κ3) is 5.00. The lowest BCUT2D eigenvalue weighted by atomic mass is 10.2. The van der Waals surface area contributed by atoms with Crippen LogP contribution in [0.2, 0.25) is 0 Å². The van der Waals surface area contributed by atoms with Crippen LogP contribution in [0, 0.1) is 0 Å². The Bertz CT molecular complexity index is 1340. The van der Waals surface area contributed by atoms with E-state index in [1.165, 1.54) is 28.6 Å². The van der Waals surface area contributed by atoms with Crippen LogP contribution in [-0.4, -0.2) is 39.9 Å². The van der Waals surface area contributed by atoms with Crippen molar-refractivity contribution < 1.29 is 18.0 Å². The number of rotatable bonds is 7. The van der Waals surface area contributed by atoms with Gasteiger partial charge in [0.1, 0.15) is 0 Å². The van der Waals surface area contributed by atoms with Crippen LogP contribution in [0.3, 0.4) is 0 Å². The van der Waals surface area contributed by atoms with E-state index in [2.05, 4.69) is 29.6 Å². The van der Waals surface area contributed by atoms with E-state index in [0.717, 1.165) is 24.3 Å². The van der Waals surface area contributed by atoms with Crippen LogP contribution in [0.15, 0.2) is 77.7 Å². The van der Waals surface area contributed by atoms with Gasteiger partial charge in [-0.3, -0.25) is 24.7 Å². The summed E-state index contributed by atoms with van der Waals surface area (Å²) in [6.45, 7) is 6.18. The number of carbonyl (C=O) groups is 2. The molecule has 0 aliphatic carbocycles. The summed E-state index contributed by atoms with van der Waals surface area (Å²) in [6, 6.07) is 20.3. The van der Waals surface area contributed by atoms with Gasteiger partial charge in [-0.25, -0.2) is 8.42 Å². The lowest BCUT2D eigenvalue weighted by molar-refractivity contribution is 0.0846. The van der Waals surface area contributed by atoms with E-state index in [-0.39, 0.29) is 10.5 Å². The van der Waals surface area contributed by atoms with Crippen LogP contribution in [-0.2, 0) is 16.4 Å². The minimum atomic E-state index is -3.84. The Hall–Kier alpha value is -3.85. The number of nitrogens with one attached hydrogen (secondary N) is 2. The van der Waals surface area contributed by atoms with Gasteiger partial charge in [0.05, 0.1) is 10.6 Å². The maximum Gasteiger partial charge on any atom is 0.269 e. The predicted molar refractivity (Wildman–Crippen MR) is 136 cm³/mol. The Kier molecular flexibility index (Phi) is 7.07. The Morgan fingerprint density at radius 1 is 0.857 bits per heavy atom. The van der Waals surface area contributed by atoms with Crippen LogP contribution in [0.25, 0.3) is 0 Å². The smallest absolute Gasteiger partial charge is 0.269 e. The summed E-state index contributed by atoms with van der Waals surface area (Å²) in [4.78, 5) is 27.3. The summed E-state index contributed by atoms with van der Waals surface area (Å²) in [5.74, 6) is -1.08. The van der Waals surface area contributed by atoms with Gasteiger partial charge >= 0.3 is 0 Å². The highest BCUT2D eigenvalue weighted by Crippen LogP contribution is 2.32. The van der Waals surface area contributed by atoms with E-state index in [9.17, 15) is 18.0 Å². The van der Waals surface area contributed by atoms with Crippen LogP contribution in [0.4, 0.5) is 11.4 Å². The van der Waals surface area contributed by atoms with Crippen molar-refractivity contribution in [2.24, 2.45) is 0 Å². The van der Waals surface area contributed by atoms with Gasteiger partial charge in [0.2, 0.25) is 0 Å². The maximum absolute atomic E-state index is 13.3. The molecule has 1 aliphatic heterocycles. The molecule has 0 spiro atoms. The number of hydrogen-bond donors (Lipinski definition) is 2. The van der Waals surface area contributed by atoms with Crippen molar-refractivity contribution in [2.75, 3.05) is 28.8 Å². The van der Waals surface area contributed by atoms with Gasteiger partial charge in [0.15, 0.2) is 0 Å². The second kappa shape index (κ2) is 10.2. The Balaban J connectivity index is 1.43. The number of amides is 2. The van der Waals surface area contributed by atoms with Crippen molar-refractivity contribution >= 4 is 33.2 Å². The molecule has 182 valence electrons. The molecule has 1 heterocycles. The number of hydrogen-bond acceptors (Lipinski definition) is 5. The van der Waals surface area contributed by atoms with Crippen molar-refractivity contribution in [2.45, 2.75) is 25.2 Å². The minimum absolute atomic E-state index is 0.0140. The number of carbonyl (C=O) groups excluding carboxylic acids is 2. The van der Waals surface area contributed by atoms with Crippen molar-refractivity contribution in [1.29, 1.82) is 0 Å². The number of para-hydroxylation sites is 1. The molecule has 0 bridgehead atoms. The molecule has 1 aliphatic rings. The Morgan fingerprint density at radius 2 is 1.51 bits per heavy atom. The molecule has 0 aromatic heterocycles. The lowest BCUT2D eigenvalue weighted by Crippen LogP contribution is -2.41. The van der Waals surface area contributed by atoms with E-state index in [0.29, 0.717) is 24.2 Å². The van der Waals surface area contributed by atoms with Gasteiger partial charge in [-0.15, -0.1) is 0 Å². The van der Waals surface area contributed by atoms with Crippen molar-refractivity contribution in [3.63, 3.8) is 0 Å². The first-order valence-corrected chi connectivity index (χ1v) is 13.0. The molecular weight excluding hydrogens is 464 g/mol. The van der Waals surface area contributed by atoms with Gasteiger partial charge in [0, 0.05) is 36.4 Å². The zero-order valence-electron chi connectivity index (χ0n) is 19.7. The molecule has 0 atom stereocenters. The largest absolute Gasteiger partial charge is 0.372 e. The summed E-state index contributed by atoms with van der Waals surface area (Å²) in [5.41, 5.74) is 7.90. The number of hydrazine groups is 1. The van der Waals surface area contributed by atoms with Crippen LogP contribution in [0.5, 0.6) is 0 Å². The molecule has 0 saturated carbocycles. The van der Waals surface area contributed by atoms with Crippen LogP contribution < -0.4 is 20.1 Å². The van der Waals surface area contributed by atoms with Crippen molar-refractivity contribution in [1.82, 2.24) is 10.9 Å². The zero-order valence-corrected chi connectivity index (χ0v) is 20.5. The first-order valence-electron chi connectivity index (χ1n) is 11.5. The van der Waals surface area contributed by atoms with E-state index in [1.807, 2.05) is 24.3 Å². The average Bonchev–Trinajstić information content (AvgIpc) is 3.33. The fraction of sp³-hybridized carbons (Fsp3) is 0.231. The molecule has 8 nitrogen and oxygen atoms in total. The van der Waals surface area contributed by atoms with E-state index >= 15 is 0 Å². The SMILES string of the molecule is CCN(CC)c1ccc(C(=O)NNC(=O)c2cccc(S(=O)(=O)N3CCc4ccccc43)c2)cc1. The van der Waals surface area contributed by atoms with Crippen LogP contribution in [0.1, 0.15) is 40.1 Å². The molecule has 2 N–H and O–H groups in total. The summed E-state index contributed by atoms with van der Waals surface area (Å²) in [7, 11) is -3.84. The molecule has 0 fully saturated rings. The molecule has 35 heavy (non-hydrogen) atoms. The van der Waals surface area contributed by atoms with Gasteiger partial charge < -0.3 is 4.90 Å². The number of anilines is 2. The molecular formula is C26H28N4O4S. The molecule has 3 aromatic rings. The van der Waals surface area contributed by atoms with Crippen LogP contribution >= 0.6 is 0 Å². The normalized spacial score (nSPS) is 12.7. The quantitative estimate of drug-likeness (QED) is 0.493. The topological polar surface area (TPSA) is 98.8 Å². The first kappa shape index (κ1) is 24.3. The molecule has 3 aromatic carbocycles. The third-order valence-corrected chi connectivity index (χ3v) is 7.89. The summed E-state index contributed by atoms with van der Waals surface area (Å²) < 4.78 is 27.9. The second-order valence-corrected chi connectivity index (χ2v) is 9.97. The zero-order chi connectivity index (χ0) is 25.0. The molecule has 4 rings (SSSR count). The van der Waals surface area contributed by atoms with Gasteiger partial charge in [-0.05, 0) is 74.4 Å². The second-order valence-electron chi connectivity index (χ2n) is 8.11. The number of fused-ring (bicyclic) bond motifs is 1. The summed E-state index contributed by atoms with van der Waals surface area (Å²) in [5, 5.41) is 0. The standard InChI is InChI=1S/C26H28N4O4S/c1-3-29(4-2)22-14-12-20(13-15-22)25(31)27-28-26(32)21-9-7-10-23(18-21)35(33,34)30-17-16-19-8-5-6-11-24(19)30/h5-15,18H,3-4,16-17H2,1-2H3,(H,27,31)(H,28,32). The molecule has 9 heteroatoms. The highest BCUT2D eigenvalue weighted by molar-refractivity contribution is 7.92. The fourth-order valence-corrected chi connectivity index (χ4v) is 5.70. The Labute approximate surface area is 205 Å². The maximum atomic E-state index is 13.3. The van der Waals surface area contributed by atoms with Crippen molar-refractivity contribution in [3.05, 3.63) is 89.5 Å². The molecule has 0 unspecified atom stereocenters.